The van der Waals surface area contributed by atoms with Gasteiger partial charge in [-0.3, -0.25) is 4.79 Å². The third-order valence-corrected chi connectivity index (χ3v) is 5.68. The predicted molar refractivity (Wildman–Crippen MR) is 97.1 cm³/mol. The van der Waals surface area contributed by atoms with Gasteiger partial charge in [0.15, 0.2) is 0 Å². The van der Waals surface area contributed by atoms with Gasteiger partial charge in [-0.05, 0) is 18.5 Å². The Labute approximate surface area is 150 Å². The van der Waals surface area contributed by atoms with Gasteiger partial charge in [-0.1, -0.05) is 46.0 Å². The van der Waals surface area contributed by atoms with Crippen LogP contribution in [0.3, 0.4) is 0 Å². The van der Waals surface area contributed by atoms with E-state index in [9.17, 15) is 4.79 Å². The van der Waals surface area contributed by atoms with Crippen LogP contribution in [0.25, 0.3) is 0 Å². The van der Waals surface area contributed by atoms with Gasteiger partial charge in [0.05, 0.1) is 0 Å². The minimum atomic E-state index is -0.288. The third-order valence-electron chi connectivity index (χ3n) is 4.45. The minimum Gasteiger partial charge on any atom is -0.463 e. The van der Waals surface area contributed by atoms with Crippen LogP contribution in [-0.2, 0) is 23.6 Å². The van der Waals surface area contributed by atoms with Gasteiger partial charge in [-0.15, -0.1) is 11.8 Å². The molecule has 0 saturated carbocycles. The highest BCUT2D eigenvalue weighted by Gasteiger charge is 2.53. The summed E-state index contributed by atoms with van der Waals surface area (Å²) in [5.41, 5.74) is -0.0252. The average molecular weight is 358 g/mol. The lowest BCUT2D eigenvalue weighted by atomic mass is 9.87. The summed E-state index contributed by atoms with van der Waals surface area (Å²) in [5.74, 6) is 0.782. The second kappa shape index (κ2) is 10.7. The van der Waals surface area contributed by atoms with E-state index >= 15 is 0 Å². The van der Waals surface area contributed by atoms with E-state index < -0.39 is 0 Å². The van der Waals surface area contributed by atoms with E-state index in [1.165, 1.54) is 45.4 Å². The molecule has 2 rings (SSSR count). The van der Waals surface area contributed by atoms with Gasteiger partial charge >= 0.3 is 13.1 Å². The van der Waals surface area contributed by atoms with E-state index in [0.717, 1.165) is 12.1 Å². The van der Waals surface area contributed by atoms with Crippen molar-refractivity contribution in [3.63, 3.8) is 0 Å². The summed E-state index contributed by atoms with van der Waals surface area (Å²) < 4.78 is 23.1. The van der Waals surface area contributed by atoms with Gasteiger partial charge in [0, 0.05) is 6.92 Å². The Morgan fingerprint density at radius 3 is 2.50 bits per heavy atom. The summed E-state index contributed by atoms with van der Waals surface area (Å²) in [4.78, 5) is 11.1. The normalized spacial score (nSPS) is 29.0. The van der Waals surface area contributed by atoms with Crippen LogP contribution >= 0.6 is 11.8 Å². The van der Waals surface area contributed by atoms with E-state index in [1.54, 1.807) is 0 Å². The maximum atomic E-state index is 11.1. The SMILES string of the molecule is CCCCCCCCSC1OC(COC(C)=O)C2OB(CC)OC12. The number of fused-ring (bicyclic) bond motifs is 1. The molecule has 0 spiro atoms. The first kappa shape index (κ1) is 20.1. The van der Waals surface area contributed by atoms with Crippen LogP contribution in [0.2, 0.25) is 6.32 Å². The van der Waals surface area contributed by atoms with Crippen LogP contribution in [0.4, 0.5) is 0 Å². The Kier molecular flexibility index (Phi) is 8.94. The molecule has 0 aromatic heterocycles. The molecule has 0 aromatic rings. The van der Waals surface area contributed by atoms with Crippen molar-refractivity contribution in [3.8, 4) is 0 Å². The van der Waals surface area contributed by atoms with Gasteiger partial charge in [-0.2, -0.15) is 0 Å². The van der Waals surface area contributed by atoms with Gasteiger partial charge in [-0.25, -0.2) is 0 Å². The smallest absolute Gasteiger partial charge is 0.457 e. The summed E-state index contributed by atoms with van der Waals surface area (Å²) in [5, 5.41) is 0. The Balaban J connectivity index is 1.74. The molecule has 0 N–H and O–H groups in total. The Morgan fingerprint density at radius 1 is 1.08 bits per heavy atom. The maximum Gasteiger partial charge on any atom is 0.457 e. The van der Waals surface area contributed by atoms with Gasteiger partial charge in [0.1, 0.15) is 30.4 Å². The van der Waals surface area contributed by atoms with Crippen molar-refractivity contribution < 1.29 is 23.6 Å². The summed E-state index contributed by atoms with van der Waals surface area (Å²) >= 11 is 1.81. The van der Waals surface area contributed by atoms with Gasteiger partial charge in [0.25, 0.3) is 0 Å². The highest BCUT2D eigenvalue weighted by molar-refractivity contribution is 7.99. The van der Waals surface area contributed by atoms with E-state index in [4.69, 9.17) is 18.8 Å². The molecule has 2 aliphatic rings. The molecule has 7 heteroatoms. The molecule has 4 atom stereocenters. The first-order valence-electron chi connectivity index (χ1n) is 9.37. The number of unbranched alkanes of at least 4 members (excludes halogenated alkanes) is 5. The van der Waals surface area contributed by atoms with Crippen molar-refractivity contribution in [1.82, 2.24) is 0 Å². The van der Waals surface area contributed by atoms with E-state index in [-0.39, 0.29) is 43.4 Å². The number of thioether (sulfide) groups is 1. The number of rotatable bonds is 11. The van der Waals surface area contributed by atoms with Crippen molar-refractivity contribution in [1.29, 1.82) is 0 Å². The zero-order valence-corrected chi connectivity index (χ0v) is 16.0. The molecular weight excluding hydrogens is 327 g/mol. The van der Waals surface area contributed by atoms with Crippen LogP contribution in [0, 0.1) is 0 Å². The fourth-order valence-electron chi connectivity index (χ4n) is 3.12. The van der Waals surface area contributed by atoms with Crippen molar-refractivity contribution in [2.24, 2.45) is 0 Å². The molecule has 4 unspecified atom stereocenters. The quantitative estimate of drug-likeness (QED) is 0.319. The number of carbonyl (C=O) groups is 1. The monoisotopic (exact) mass is 358 g/mol. The predicted octanol–water partition coefficient (Wildman–Crippen LogP) is 3.66. The highest BCUT2D eigenvalue weighted by atomic mass is 32.2. The number of ether oxygens (including phenoxy) is 2. The second-order valence-electron chi connectivity index (χ2n) is 6.52. The summed E-state index contributed by atoms with van der Waals surface area (Å²) in [6, 6.07) is 0. The average Bonchev–Trinajstić information content (AvgIpc) is 3.12. The van der Waals surface area contributed by atoms with Crippen molar-refractivity contribution in [3.05, 3.63) is 0 Å². The van der Waals surface area contributed by atoms with Gasteiger partial charge < -0.3 is 18.8 Å². The molecule has 0 amide bonds. The summed E-state index contributed by atoms with van der Waals surface area (Å²) in [6.45, 7) is 5.94. The molecule has 2 aliphatic heterocycles. The fourth-order valence-corrected chi connectivity index (χ4v) is 4.36. The van der Waals surface area contributed by atoms with Crippen LogP contribution in [-0.4, -0.2) is 49.2 Å². The maximum absolute atomic E-state index is 11.1. The fraction of sp³-hybridized carbons (Fsp3) is 0.941. The molecule has 5 nitrogen and oxygen atoms in total. The molecule has 2 heterocycles. The topological polar surface area (TPSA) is 54.0 Å². The first-order chi connectivity index (χ1) is 11.7. The Hall–Kier alpha value is -0.235. The lowest BCUT2D eigenvalue weighted by Gasteiger charge is -2.18. The molecule has 0 bridgehead atoms. The van der Waals surface area contributed by atoms with E-state index in [1.807, 2.05) is 18.7 Å². The molecule has 2 fully saturated rings. The third kappa shape index (κ3) is 5.93. The van der Waals surface area contributed by atoms with Crippen LogP contribution in [0.5, 0.6) is 0 Å². The standard InChI is InChI=1S/C17H31BO5S/c1-4-6-7-8-9-10-11-24-17-16-15(22-18(5-2)23-16)14(21-17)12-20-13(3)19/h14-17H,4-12H2,1-3H3. The molecule has 24 heavy (non-hydrogen) atoms. The van der Waals surface area contributed by atoms with E-state index in [0.29, 0.717) is 0 Å². The van der Waals surface area contributed by atoms with Crippen LogP contribution in [0.15, 0.2) is 0 Å². The molecule has 0 radical (unpaired) electrons. The van der Waals surface area contributed by atoms with Gasteiger partial charge in [0.2, 0.25) is 0 Å². The highest BCUT2D eigenvalue weighted by Crippen LogP contribution is 2.38. The number of hydrogen-bond acceptors (Lipinski definition) is 6. The molecule has 0 aromatic carbocycles. The summed E-state index contributed by atoms with van der Waals surface area (Å²) in [6.07, 6.45) is 8.18. The van der Waals surface area contributed by atoms with Crippen molar-refractivity contribution in [2.75, 3.05) is 12.4 Å². The van der Waals surface area contributed by atoms with E-state index in [2.05, 4.69) is 6.92 Å². The first-order valence-corrected chi connectivity index (χ1v) is 10.4. The van der Waals surface area contributed by atoms with Crippen LogP contribution in [0.1, 0.15) is 59.3 Å². The Morgan fingerprint density at radius 2 is 1.79 bits per heavy atom. The molecule has 2 saturated heterocycles. The van der Waals surface area contributed by atoms with Crippen LogP contribution < -0.4 is 0 Å². The Bertz CT molecular complexity index is 384. The number of carbonyl (C=O) groups excluding carboxylic acids is 1. The second-order valence-corrected chi connectivity index (χ2v) is 7.73. The van der Waals surface area contributed by atoms with Crippen molar-refractivity contribution >= 4 is 24.8 Å². The number of esters is 1. The minimum absolute atomic E-state index is 0.0252. The lowest BCUT2D eigenvalue weighted by molar-refractivity contribution is -0.145. The molecule has 138 valence electrons. The largest absolute Gasteiger partial charge is 0.463 e. The number of hydrogen-bond donors (Lipinski definition) is 0. The summed E-state index contributed by atoms with van der Waals surface area (Å²) in [7, 11) is -0.166. The molecular formula is C17H31BO5S. The zero-order chi connectivity index (χ0) is 17.4. The zero-order valence-electron chi connectivity index (χ0n) is 15.2. The van der Waals surface area contributed by atoms with Crippen molar-refractivity contribution in [2.45, 2.75) is 89.4 Å². The molecule has 0 aliphatic carbocycles. The lowest BCUT2D eigenvalue weighted by Crippen LogP contribution is -2.32.